The first kappa shape index (κ1) is 14.8. The molecule has 0 aromatic heterocycles. The summed E-state index contributed by atoms with van der Waals surface area (Å²) in [5.74, 6) is -1.24. The fourth-order valence-corrected chi connectivity index (χ4v) is 2.11. The van der Waals surface area contributed by atoms with Gasteiger partial charge in [-0.3, -0.25) is 4.79 Å². The van der Waals surface area contributed by atoms with Crippen molar-refractivity contribution in [3.8, 4) is 0 Å². The summed E-state index contributed by atoms with van der Waals surface area (Å²) < 4.78 is 0. The number of hydrogen-bond donors (Lipinski definition) is 1. The van der Waals surface area contributed by atoms with Crippen molar-refractivity contribution < 1.29 is 14.7 Å². The minimum atomic E-state index is -1.04. The monoisotopic (exact) mass is 283 g/mol. The molecule has 108 valence electrons. The maximum absolute atomic E-state index is 12.6. The molecule has 2 aromatic carbocycles. The smallest absolute Gasteiger partial charge is 0.335 e. The van der Waals surface area contributed by atoms with Gasteiger partial charge in [-0.2, -0.15) is 0 Å². The number of nitrogens with zero attached hydrogens (tertiary/aromatic N) is 1. The highest BCUT2D eigenvalue weighted by Crippen LogP contribution is 2.18. The van der Waals surface area contributed by atoms with Crippen LogP contribution in [-0.2, 0) is 0 Å². The number of carboxylic acid groups (broad SMARTS) is 1. The summed E-state index contributed by atoms with van der Waals surface area (Å²) in [6.07, 6.45) is 0. The first-order chi connectivity index (χ1) is 10.0. The normalized spacial score (nSPS) is 10.2. The molecule has 2 aromatic rings. The van der Waals surface area contributed by atoms with E-state index >= 15 is 0 Å². The molecule has 0 spiro atoms. The van der Waals surface area contributed by atoms with E-state index in [9.17, 15) is 9.59 Å². The Morgan fingerprint density at radius 3 is 2.24 bits per heavy atom. The van der Waals surface area contributed by atoms with Gasteiger partial charge in [-0.25, -0.2) is 4.79 Å². The zero-order valence-corrected chi connectivity index (χ0v) is 12.0. The molecule has 0 bridgehead atoms. The van der Waals surface area contributed by atoms with Crippen molar-refractivity contribution in [3.05, 3.63) is 65.2 Å². The van der Waals surface area contributed by atoms with Crippen LogP contribution in [0.15, 0.2) is 48.5 Å². The summed E-state index contributed by atoms with van der Waals surface area (Å²) in [6, 6.07) is 13.8. The molecule has 4 nitrogen and oxygen atoms in total. The van der Waals surface area contributed by atoms with E-state index < -0.39 is 5.97 Å². The second-order valence-corrected chi connectivity index (χ2v) is 4.77. The van der Waals surface area contributed by atoms with Crippen LogP contribution in [0.1, 0.15) is 33.2 Å². The predicted octanol–water partition coefficient (Wildman–Crippen LogP) is 3.36. The van der Waals surface area contributed by atoms with Crippen molar-refractivity contribution in [2.75, 3.05) is 11.4 Å². The van der Waals surface area contributed by atoms with Gasteiger partial charge in [-0.15, -0.1) is 0 Å². The molecular formula is C17H17NO3. The number of hydrogen-bond acceptors (Lipinski definition) is 2. The fraction of sp³-hybridized carbons (Fsp3) is 0.176. The fourth-order valence-electron chi connectivity index (χ4n) is 2.11. The number of benzene rings is 2. The molecule has 0 radical (unpaired) electrons. The lowest BCUT2D eigenvalue weighted by molar-refractivity contribution is 0.0697. The first-order valence-corrected chi connectivity index (χ1v) is 6.75. The Morgan fingerprint density at radius 2 is 1.67 bits per heavy atom. The van der Waals surface area contributed by atoms with Gasteiger partial charge < -0.3 is 10.0 Å². The summed E-state index contributed by atoms with van der Waals surface area (Å²) in [5, 5.41) is 9.01. The molecule has 1 amide bonds. The summed E-state index contributed by atoms with van der Waals surface area (Å²) >= 11 is 0. The standard InChI is InChI=1S/C17H17NO3/c1-3-18(15-9-7-12(2)8-10-15)16(19)13-5-4-6-14(11-13)17(20)21/h4-11H,3H2,1-2H3,(H,20,21). The number of carbonyl (C=O) groups is 2. The van der Waals surface area contributed by atoms with Gasteiger partial charge in [0.15, 0.2) is 0 Å². The van der Waals surface area contributed by atoms with E-state index in [-0.39, 0.29) is 11.5 Å². The molecule has 0 heterocycles. The number of aryl methyl sites for hydroxylation is 1. The maximum Gasteiger partial charge on any atom is 0.335 e. The molecule has 21 heavy (non-hydrogen) atoms. The average molecular weight is 283 g/mol. The van der Waals surface area contributed by atoms with Crippen LogP contribution in [0.25, 0.3) is 0 Å². The number of rotatable bonds is 4. The topological polar surface area (TPSA) is 57.6 Å². The quantitative estimate of drug-likeness (QED) is 0.936. The number of aromatic carboxylic acids is 1. The lowest BCUT2D eigenvalue weighted by Gasteiger charge is -2.21. The lowest BCUT2D eigenvalue weighted by Crippen LogP contribution is -2.30. The predicted molar refractivity (Wildman–Crippen MR) is 81.9 cm³/mol. The lowest BCUT2D eigenvalue weighted by atomic mass is 10.1. The molecule has 0 aliphatic rings. The van der Waals surface area contributed by atoms with Crippen molar-refractivity contribution in [1.82, 2.24) is 0 Å². The highest BCUT2D eigenvalue weighted by molar-refractivity contribution is 6.07. The van der Waals surface area contributed by atoms with Gasteiger partial charge >= 0.3 is 5.97 Å². The van der Waals surface area contributed by atoms with Crippen LogP contribution in [0.4, 0.5) is 5.69 Å². The van der Waals surface area contributed by atoms with Crippen molar-refractivity contribution in [2.24, 2.45) is 0 Å². The van der Waals surface area contributed by atoms with E-state index in [1.165, 1.54) is 12.1 Å². The third-order valence-corrected chi connectivity index (χ3v) is 3.26. The van der Waals surface area contributed by atoms with Gasteiger partial charge in [-0.1, -0.05) is 23.8 Å². The summed E-state index contributed by atoms with van der Waals surface area (Å²) in [6.45, 7) is 4.39. The van der Waals surface area contributed by atoms with Gasteiger partial charge in [0.1, 0.15) is 0 Å². The Balaban J connectivity index is 2.34. The molecule has 0 saturated carbocycles. The zero-order chi connectivity index (χ0) is 15.4. The van der Waals surface area contributed by atoms with E-state index in [0.717, 1.165) is 11.3 Å². The first-order valence-electron chi connectivity index (χ1n) is 6.75. The van der Waals surface area contributed by atoms with Crippen LogP contribution in [0, 0.1) is 6.92 Å². The van der Waals surface area contributed by atoms with E-state index in [0.29, 0.717) is 12.1 Å². The number of carbonyl (C=O) groups excluding carboxylic acids is 1. The van der Waals surface area contributed by atoms with Crippen LogP contribution < -0.4 is 4.90 Å². The number of amides is 1. The third kappa shape index (κ3) is 3.28. The Labute approximate surface area is 123 Å². The molecule has 1 N–H and O–H groups in total. The Hall–Kier alpha value is -2.62. The molecular weight excluding hydrogens is 266 g/mol. The molecule has 0 saturated heterocycles. The Morgan fingerprint density at radius 1 is 1.05 bits per heavy atom. The largest absolute Gasteiger partial charge is 0.478 e. The molecule has 4 heteroatoms. The molecule has 0 aliphatic heterocycles. The third-order valence-electron chi connectivity index (χ3n) is 3.26. The molecule has 0 fully saturated rings. The van der Waals surface area contributed by atoms with Gasteiger partial charge in [-0.05, 0) is 44.2 Å². The van der Waals surface area contributed by atoms with Crippen molar-refractivity contribution >= 4 is 17.6 Å². The minimum absolute atomic E-state index is 0.112. The van der Waals surface area contributed by atoms with Gasteiger partial charge in [0.2, 0.25) is 0 Å². The van der Waals surface area contributed by atoms with Crippen molar-refractivity contribution in [1.29, 1.82) is 0 Å². The second-order valence-electron chi connectivity index (χ2n) is 4.77. The van der Waals surface area contributed by atoms with E-state index in [1.807, 2.05) is 38.1 Å². The zero-order valence-electron chi connectivity index (χ0n) is 12.0. The van der Waals surface area contributed by atoms with Crippen LogP contribution in [0.2, 0.25) is 0 Å². The van der Waals surface area contributed by atoms with Crippen molar-refractivity contribution in [2.45, 2.75) is 13.8 Å². The van der Waals surface area contributed by atoms with E-state index in [2.05, 4.69) is 0 Å². The molecule has 0 atom stereocenters. The van der Waals surface area contributed by atoms with Gasteiger partial charge in [0.25, 0.3) is 5.91 Å². The minimum Gasteiger partial charge on any atom is -0.478 e. The van der Waals surface area contributed by atoms with Crippen molar-refractivity contribution in [3.63, 3.8) is 0 Å². The van der Waals surface area contributed by atoms with E-state index in [1.54, 1.807) is 17.0 Å². The average Bonchev–Trinajstić information content (AvgIpc) is 2.50. The number of carboxylic acids is 1. The summed E-state index contributed by atoms with van der Waals surface area (Å²) in [4.78, 5) is 25.2. The van der Waals surface area contributed by atoms with Crippen LogP contribution in [0.5, 0.6) is 0 Å². The van der Waals surface area contributed by atoms with Crippen LogP contribution >= 0.6 is 0 Å². The van der Waals surface area contributed by atoms with Gasteiger partial charge in [0, 0.05) is 17.8 Å². The highest BCUT2D eigenvalue weighted by atomic mass is 16.4. The van der Waals surface area contributed by atoms with Crippen LogP contribution in [0.3, 0.4) is 0 Å². The van der Waals surface area contributed by atoms with Gasteiger partial charge in [0.05, 0.1) is 5.56 Å². The molecule has 2 rings (SSSR count). The summed E-state index contributed by atoms with van der Waals surface area (Å²) in [7, 11) is 0. The molecule has 0 aliphatic carbocycles. The Bertz CT molecular complexity index is 662. The van der Waals surface area contributed by atoms with E-state index in [4.69, 9.17) is 5.11 Å². The van der Waals surface area contributed by atoms with Crippen LogP contribution in [-0.4, -0.2) is 23.5 Å². The number of anilines is 1. The second kappa shape index (κ2) is 6.22. The SMILES string of the molecule is CCN(C(=O)c1cccc(C(=O)O)c1)c1ccc(C)cc1. The Kier molecular flexibility index (Phi) is 4.38. The summed E-state index contributed by atoms with van der Waals surface area (Å²) in [5.41, 5.74) is 2.40. The highest BCUT2D eigenvalue weighted by Gasteiger charge is 2.17. The maximum atomic E-state index is 12.6. The molecule has 0 unspecified atom stereocenters.